The third-order valence-corrected chi connectivity index (χ3v) is 4.45. The maximum atomic E-state index is 12.0. The van der Waals surface area contributed by atoms with E-state index in [1.54, 1.807) is 6.08 Å². The van der Waals surface area contributed by atoms with Crippen LogP contribution >= 0.6 is 0 Å². The summed E-state index contributed by atoms with van der Waals surface area (Å²) in [6.07, 6.45) is 22.4. The Bertz CT molecular complexity index is 429. The number of unbranched alkanes of at least 4 members (excludes halogenated alkanes) is 7. The standard InChI is InChI=1S/C23H41NO3/c1-3-5-7-9-11-12-13-14-16-18-22(26)21(20-25)24-23(27)19-17-15-10-8-6-4-2/h3,5,11-12,16,18,21-22,25-26H,4,6-10,13-15,17,19-20H2,1-2H3,(H,24,27)/b5-3+,12-11+,18-16+. The van der Waals surface area contributed by atoms with Crippen molar-refractivity contribution in [3.8, 4) is 0 Å². The number of nitrogens with one attached hydrogen (secondary N) is 1. The zero-order valence-corrected chi connectivity index (χ0v) is 17.4. The summed E-state index contributed by atoms with van der Waals surface area (Å²) >= 11 is 0. The Hall–Kier alpha value is -1.39. The van der Waals surface area contributed by atoms with Gasteiger partial charge in [-0.1, -0.05) is 75.5 Å². The van der Waals surface area contributed by atoms with Crippen LogP contribution < -0.4 is 5.32 Å². The molecule has 0 aliphatic rings. The van der Waals surface area contributed by atoms with E-state index in [0.29, 0.717) is 6.42 Å². The molecule has 2 atom stereocenters. The molecule has 156 valence electrons. The van der Waals surface area contributed by atoms with Crippen molar-refractivity contribution in [2.45, 2.75) is 96.6 Å². The number of aliphatic hydroxyl groups excluding tert-OH is 2. The number of hydrogen-bond donors (Lipinski definition) is 3. The second-order valence-corrected chi connectivity index (χ2v) is 6.99. The van der Waals surface area contributed by atoms with Crippen molar-refractivity contribution in [2.24, 2.45) is 0 Å². The van der Waals surface area contributed by atoms with E-state index in [1.807, 2.05) is 13.0 Å². The van der Waals surface area contributed by atoms with Gasteiger partial charge in [-0.3, -0.25) is 4.79 Å². The normalized spacial score (nSPS) is 14.4. The highest BCUT2D eigenvalue weighted by Gasteiger charge is 2.17. The molecule has 0 aliphatic carbocycles. The average molecular weight is 380 g/mol. The van der Waals surface area contributed by atoms with E-state index < -0.39 is 12.1 Å². The SMILES string of the molecule is C/C=C/CC/C=C/CC/C=C/C(O)C(CO)NC(=O)CCCCCCCC. The molecule has 3 N–H and O–H groups in total. The predicted molar refractivity (Wildman–Crippen MR) is 115 cm³/mol. The first-order valence-corrected chi connectivity index (χ1v) is 10.7. The molecular weight excluding hydrogens is 338 g/mol. The highest BCUT2D eigenvalue weighted by molar-refractivity contribution is 5.76. The van der Waals surface area contributed by atoms with Gasteiger partial charge < -0.3 is 15.5 Å². The lowest BCUT2D eigenvalue weighted by Crippen LogP contribution is -2.45. The lowest BCUT2D eigenvalue weighted by Gasteiger charge is -2.19. The van der Waals surface area contributed by atoms with Crippen molar-refractivity contribution in [3.63, 3.8) is 0 Å². The Morgan fingerprint density at radius 1 is 0.926 bits per heavy atom. The van der Waals surface area contributed by atoms with Crippen LogP contribution in [0, 0.1) is 0 Å². The summed E-state index contributed by atoms with van der Waals surface area (Å²) in [6, 6.07) is -0.634. The van der Waals surface area contributed by atoms with Crippen molar-refractivity contribution in [1.29, 1.82) is 0 Å². The highest BCUT2D eigenvalue weighted by Crippen LogP contribution is 2.07. The molecule has 0 saturated heterocycles. The summed E-state index contributed by atoms with van der Waals surface area (Å²) in [5.41, 5.74) is 0. The number of carbonyl (C=O) groups is 1. The first-order chi connectivity index (χ1) is 13.2. The van der Waals surface area contributed by atoms with Crippen LogP contribution in [-0.4, -0.2) is 34.9 Å². The van der Waals surface area contributed by atoms with Gasteiger partial charge in [-0.05, 0) is 39.0 Å². The van der Waals surface area contributed by atoms with E-state index in [2.05, 4.69) is 36.5 Å². The molecule has 1 amide bonds. The van der Waals surface area contributed by atoms with Crippen LogP contribution in [-0.2, 0) is 4.79 Å². The molecule has 0 heterocycles. The lowest BCUT2D eigenvalue weighted by atomic mass is 10.1. The van der Waals surface area contributed by atoms with E-state index in [4.69, 9.17) is 0 Å². The number of allylic oxidation sites excluding steroid dienone is 5. The largest absolute Gasteiger partial charge is 0.394 e. The first kappa shape index (κ1) is 25.6. The van der Waals surface area contributed by atoms with Gasteiger partial charge in [0.1, 0.15) is 0 Å². The van der Waals surface area contributed by atoms with Gasteiger partial charge in [0.05, 0.1) is 18.8 Å². The van der Waals surface area contributed by atoms with Crippen molar-refractivity contribution in [1.82, 2.24) is 5.32 Å². The van der Waals surface area contributed by atoms with E-state index in [0.717, 1.165) is 38.5 Å². The summed E-state index contributed by atoms with van der Waals surface area (Å²) in [6.45, 7) is 3.94. The second-order valence-electron chi connectivity index (χ2n) is 6.99. The Kier molecular flexibility index (Phi) is 18.4. The van der Waals surface area contributed by atoms with Crippen molar-refractivity contribution < 1.29 is 15.0 Å². The minimum atomic E-state index is -0.859. The molecule has 27 heavy (non-hydrogen) atoms. The fourth-order valence-corrected chi connectivity index (χ4v) is 2.74. The molecule has 0 aromatic rings. The summed E-state index contributed by atoms with van der Waals surface area (Å²) in [5.74, 6) is -0.0962. The number of rotatable bonds is 17. The van der Waals surface area contributed by atoms with E-state index >= 15 is 0 Å². The average Bonchev–Trinajstić information content (AvgIpc) is 2.67. The van der Waals surface area contributed by atoms with E-state index in [-0.39, 0.29) is 12.5 Å². The second kappa shape index (κ2) is 19.4. The van der Waals surface area contributed by atoms with Gasteiger partial charge in [-0.15, -0.1) is 0 Å². The molecule has 2 unspecified atom stereocenters. The van der Waals surface area contributed by atoms with Gasteiger partial charge in [-0.2, -0.15) is 0 Å². The minimum Gasteiger partial charge on any atom is -0.394 e. The molecule has 0 bridgehead atoms. The molecule has 0 aliphatic heterocycles. The molecule has 0 spiro atoms. The first-order valence-electron chi connectivity index (χ1n) is 10.7. The Morgan fingerprint density at radius 3 is 2.15 bits per heavy atom. The smallest absolute Gasteiger partial charge is 0.220 e. The minimum absolute atomic E-state index is 0.0962. The Balaban J connectivity index is 3.94. The molecule has 0 aromatic carbocycles. The van der Waals surface area contributed by atoms with Gasteiger partial charge in [0, 0.05) is 6.42 Å². The van der Waals surface area contributed by atoms with Gasteiger partial charge in [0.25, 0.3) is 0 Å². The van der Waals surface area contributed by atoms with Crippen molar-refractivity contribution in [2.75, 3.05) is 6.61 Å². The van der Waals surface area contributed by atoms with Crippen LogP contribution in [0.2, 0.25) is 0 Å². The molecule has 4 heteroatoms. The summed E-state index contributed by atoms with van der Waals surface area (Å²) in [4.78, 5) is 12.0. The van der Waals surface area contributed by atoms with E-state index in [1.165, 1.54) is 25.7 Å². The van der Waals surface area contributed by atoms with Crippen LogP contribution in [0.25, 0.3) is 0 Å². The molecule has 0 saturated carbocycles. The highest BCUT2D eigenvalue weighted by atomic mass is 16.3. The fraction of sp³-hybridized carbons (Fsp3) is 0.696. The zero-order chi connectivity index (χ0) is 20.2. The molecule has 0 rings (SSSR count). The van der Waals surface area contributed by atoms with E-state index in [9.17, 15) is 15.0 Å². The van der Waals surface area contributed by atoms with Crippen molar-refractivity contribution in [3.05, 3.63) is 36.5 Å². The summed E-state index contributed by atoms with van der Waals surface area (Å²) < 4.78 is 0. The van der Waals surface area contributed by atoms with Crippen molar-refractivity contribution >= 4 is 5.91 Å². The van der Waals surface area contributed by atoms with Gasteiger partial charge >= 0.3 is 0 Å². The number of hydrogen-bond acceptors (Lipinski definition) is 3. The predicted octanol–water partition coefficient (Wildman–Crippen LogP) is 4.82. The lowest BCUT2D eigenvalue weighted by molar-refractivity contribution is -0.123. The fourth-order valence-electron chi connectivity index (χ4n) is 2.74. The third-order valence-electron chi connectivity index (χ3n) is 4.45. The van der Waals surface area contributed by atoms with Gasteiger partial charge in [0.2, 0.25) is 5.91 Å². The molecule has 4 nitrogen and oxygen atoms in total. The maximum Gasteiger partial charge on any atom is 0.220 e. The number of carbonyl (C=O) groups excluding carboxylic acids is 1. The van der Waals surface area contributed by atoms with Gasteiger partial charge in [-0.25, -0.2) is 0 Å². The van der Waals surface area contributed by atoms with Crippen LogP contribution in [0.4, 0.5) is 0 Å². The molecular formula is C23H41NO3. The molecule has 0 aromatic heterocycles. The maximum absolute atomic E-state index is 12.0. The van der Waals surface area contributed by atoms with Crippen LogP contribution in [0.5, 0.6) is 0 Å². The topological polar surface area (TPSA) is 69.6 Å². The molecule has 0 radical (unpaired) electrons. The number of amides is 1. The third kappa shape index (κ3) is 16.5. The quantitative estimate of drug-likeness (QED) is 0.250. The molecule has 0 fully saturated rings. The van der Waals surface area contributed by atoms with Crippen LogP contribution in [0.1, 0.15) is 84.5 Å². The Labute approximate surface area is 166 Å². The zero-order valence-electron chi connectivity index (χ0n) is 17.4. The Morgan fingerprint density at radius 2 is 1.52 bits per heavy atom. The summed E-state index contributed by atoms with van der Waals surface area (Å²) in [7, 11) is 0. The van der Waals surface area contributed by atoms with Crippen LogP contribution in [0.15, 0.2) is 36.5 Å². The van der Waals surface area contributed by atoms with Crippen LogP contribution in [0.3, 0.4) is 0 Å². The summed E-state index contributed by atoms with van der Waals surface area (Å²) in [5, 5.41) is 22.3. The monoisotopic (exact) mass is 379 g/mol. The number of aliphatic hydroxyl groups is 2. The van der Waals surface area contributed by atoms with Gasteiger partial charge in [0.15, 0.2) is 0 Å².